The van der Waals surface area contributed by atoms with Gasteiger partial charge in [0, 0.05) is 18.7 Å². The number of hydrogen-bond acceptors (Lipinski definition) is 2. The van der Waals surface area contributed by atoms with E-state index >= 15 is 0 Å². The number of rotatable bonds is 1. The maximum atomic E-state index is 13.6. The highest BCUT2D eigenvalue weighted by Gasteiger charge is 2.13. The number of nitrogens with one attached hydrogen (secondary N) is 2. The van der Waals surface area contributed by atoms with Gasteiger partial charge in [0.1, 0.15) is 11.3 Å². The zero-order chi connectivity index (χ0) is 12.8. The fourth-order valence-electron chi connectivity index (χ4n) is 2.58. The molecule has 94 valence electrons. The SMILES string of the molecule is Fc1cccc2[nH]c(-c3ccc4c(c3)CNC4)nc12. The number of imidazole rings is 1. The van der Waals surface area contributed by atoms with Crippen LogP contribution in [0.1, 0.15) is 11.1 Å². The highest BCUT2D eigenvalue weighted by molar-refractivity contribution is 5.80. The minimum atomic E-state index is -0.289. The Morgan fingerprint density at radius 2 is 1.95 bits per heavy atom. The summed E-state index contributed by atoms with van der Waals surface area (Å²) in [7, 11) is 0. The number of aromatic nitrogens is 2. The van der Waals surface area contributed by atoms with Crippen molar-refractivity contribution in [1.82, 2.24) is 15.3 Å². The van der Waals surface area contributed by atoms with Crippen molar-refractivity contribution in [3.05, 3.63) is 53.3 Å². The second-order valence-corrected chi connectivity index (χ2v) is 4.81. The van der Waals surface area contributed by atoms with Crippen molar-refractivity contribution in [2.45, 2.75) is 13.1 Å². The summed E-state index contributed by atoms with van der Waals surface area (Å²) in [6, 6.07) is 11.2. The molecule has 3 nitrogen and oxygen atoms in total. The Bertz CT molecular complexity index is 776. The van der Waals surface area contributed by atoms with Gasteiger partial charge in [0.05, 0.1) is 5.52 Å². The molecule has 2 aromatic carbocycles. The van der Waals surface area contributed by atoms with Gasteiger partial charge in [-0.15, -0.1) is 0 Å². The molecule has 0 radical (unpaired) electrons. The van der Waals surface area contributed by atoms with Crippen LogP contribution in [-0.2, 0) is 13.1 Å². The van der Waals surface area contributed by atoms with Crippen molar-refractivity contribution in [2.75, 3.05) is 0 Å². The Kier molecular flexibility index (Phi) is 2.19. The molecule has 0 saturated heterocycles. The highest BCUT2D eigenvalue weighted by atomic mass is 19.1. The van der Waals surface area contributed by atoms with Gasteiger partial charge in [-0.3, -0.25) is 0 Å². The minimum absolute atomic E-state index is 0.289. The summed E-state index contributed by atoms with van der Waals surface area (Å²) in [4.78, 5) is 7.53. The fraction of sp³-hybridized carbons (Fsp3) is 0.133. The van der Waals surface area contributed by atoms with Gasteiger partial charge >= 0.3 is 0 Å². The summed E-state index contributed by atoms with van der Waals surface area (Å²) in [5, 5.41) is 3.31. The average Bonchev–Trinajstić information content (AvgIpc) is 3.04. The highest BCUT2D eigenvalue weighted by Crippen LogP contribution is 2.25. The standard InChI is InChI=1S/C15H12FN3/c16-12-2-1-3-13-14(12)19-15(18-13)9-4-5-10-7-17-8-11(10)6-9/h1-6,17H,7-8H2,(H,18,19). The normalized spacial score (nSPS) is 13.9. The van der Waals surface area contributed by atoms with E-state index in [4.69, 9.17) is 0 Å². The van der Waals surface area contributed by atoms with Gasteiger partial charge in [0.25, 0.3) is 0 Å². The van der Waals surface area contributed by atoms with Crippen LogP contribution >= 0.6 is 0 Å². The molecule has 0 aliphatic carbocycles. The summed E-state index contributed by atoms with van der Waals surface area (Å²) in [5.74, 6) is 0.428. The molecule has 4 rings (SSSR count). The first kappa shape index (κ1) is 10.7. The number of hydrogen-bond donors (Lipinski definition) is 2. The van der Waals surface area contributed by atoms with Crippen LogP contribution in [0.25, 0.3) is 22.4 Å². The Hall–Kier alpha value is -2.20. The quantitative estimate of drug-likeness (QED) is 0.700. The Morgan fingerprint density at radius 1 is 1.05 bits per heavy atom. The third-order valence-corrected chi connectivity index (χ3v) is 3.57. The third kappa shape index (κ3) is 1.64. The molecule has 19 heavy (non-hydrogen) atoms. The smallest absolute Gasteiger partial charge is 0.151 e. The molecule has 4 heteroatoms. The summed E-state index contributed by atoms with van der Waals surface area (Å²) < 4.78 is 13.6. The van der Waals surface area contributed by atoms with Crippen molar-refractivity contribution in [3.63, 3.8) is 0 Å². The third-order valence-electron chi connectivity index (χ3n) is 3.57. The predicted octanol–water partition coefficient (Wildman–Crippen LogP) is 2.97. The van der Waals surface area contributed by atoms with Gasteiger partial charge in [0.15, 0.2) is 5.82 Å². The van der Waals surface area contributed by atoms with Crippen molar-refractivity contribution in [2.24, 2.45) is 0 Å². The van der Waals surface area contributed by atoms with Crippen LogP contribution in [0.15, 0.2) is 36.4 Å². The second kappa shape index (κ2) is 3.90. The van der Waals surface area contributed by atoms with E-state index in [0.29, 0.717) is 5.52 Å². The number of fused-ring (bicyclic) bond motifs is 2. The van der Waals surface area contributed by atoms with Gasteiger partial charge in [0.2, 0.25) is 0 Å². The molecular formula is C15H12FN3. The van der Waals surface area contributed by atoms with E-state index in [1.807, 2.05) is 12.1 Å². The molecule has 2 N–H and O–H groups in total. The Labute approximate surface area is 109 Å². The first-order chi connectivity index (χ1) is 9.31. The Morgan fingerprint density at radius 3 is 2.84 bits per heavy atom. The Balaban J connectivity index is 1.88. The van der Waals surface area contributed by atoms with Crippen molar-refractivity contribution < 1.29 is 4.39 Å². The van der Waals surface area contributed by atoms with Crippen LogP contribution in [0.3, 0.4) is 0 Å². The predicted molar refractivity (Wildman–Crippen MR) is 72.0 cm³/mol. The average molecular weight is 253 g/mol. The van der Waals surface area contributed by atoms with Crippen LogP contribution in [0.5, 0.6) is 0 Å². The van der Waals surface area contributed by atoms with E-state index in [2.05, 4.69) is 27.4 Å². The van der Waals surface area contributed by atoms with Crippen molar-refractivity contribution in [3.8, 4) is 11.4 Å². The number of halogens is 1. The van der Waals surface area contributed by atoms with Crippen LogP contribution in [0.4, 0.5) is 4.39 Å². The van der Waals surface area contributed by atoms with Crippen LogP contribution in [-0.4, -0.2) is 9.97 Å². The first-order valence-corrected chi connectivity index (χ1v) is 6.28. The maximum Gasteiger partial charge on any atom is 0.151 e. The van der Waals surface area contributed by atoms with E-state index < -0.39 is 0 Å². The summed E-state index contributed by atoms with van der Waals surface area (Å²) in [6.07, 6.45) is 0. The second-order valence-electron chi connectivity index (χ2n) is 4.81. The van der Waals surface area contributed by atoms with Gasteiger partial charge in [-0.25, -0.2) is 9.37 Å². The zero-order valence-corrected chi connectivity index (χ0v) is 10.2. The monoisotopic (exact) mass is 253 g/mol. The summed E-state index contributed by atoms with van der Waals surface area (Å²) >= 11 is 0. The van der Waals surface area contributed by atoms with Gasteiger partial charge < -0.3 is 10.3 Å². The number of H-pyrrole nitrogens is 1. The molecule has 1 aromatic heterocycles. The first-order valence-electron chi connectivity index (χ1n) is 6.28. The lowest BCUT2D eigenvalue weighted by atomic mass is 10.1. The lowest BCUT2D eigenvalue weighted by Gasteiger charge is -2.01. The largest absolute Gasteiger partial charge is 0.338 e. The van der Waals surface area contributed by atoms with E-state index in [-0.39, 0.29) is 5.82 Å². The van der Waals surface area contributed by atoms with Crippen LogP contribution in [0, 0.1) is 5.82 Å². The number of benzene rings is 2. The van der Waals surface area contributed by atoms with E-state index in [1.54, 1.807) is 6.07 Å². The molecule has 0 amide bonds. The molecule has 1 aliphatic heterocycles. The van der Waals surface area contributed by atoms with E-state index in [1.165, 1.54) is 17.2 Å². The van der Waals surface area contributed by atoms with E-state index in [9.17, 15) is 4.39 Å². The lowest BCUT2D eigenvalue weighted by molar-refractivity contribution is 0.637. The zero-order valence-electron chi connectivity index (χ0n) is 10.2. The van der Waals surface area contributed by atoms with Crippen LogP contribution < -0.4 is 5.32 Å². The minimum Gasteiger partial charge on any atom is -0.338 e. The van der Waals surface area contributed by atoms with Gasteiger partial charge in [-0.05, 0) is 29.3 Å². The molecule has 3 aromatic rings. The van der Waals surface area contributed by atoms with Gasteiger partial charge in [-0.2, -0.15) is 0 Å². The number of aromatic amines is 1. The fourth-order valence-corrected chi connectivity index (χ4v) is 2.58. The van der Waals surface area contributed by atoms with Gasteiger partial charge in [-0.1, -0.05) is 18.2 Å². The molecule has 0 atom stereocenters. The molecular weight excluding hydrogens is 241 g/mol. The number of nitrogens with zero attached hydrogens (tertiary/aromatic N) is 1. The molecule has 0 fully saturated rings. The molecule has 0 saturated carbocycles. The molecule has 0 bridgehead atoms. The molecule has 1 aliphatic rings. The number of para-hydroxylation sites is 1. The van der Waals surface area contributed by atoms with E-state index in [0.717, 1.165) is 30.0 Å². The molecule has 0 unspecified atom stereocenters. The summed E-state index contributed by atoms with van der Waals surface area (Å²) in [5.41, 5.74) is 4.74. The summed E-state index contributed by atoms with van der Waals surface area (Å²) in [6.45, 7) is 1.81. The van der Waals surface area contributed by atoms with Crippen LogP contribution in [0.2, 0.25) is 0 Å². The topological polar surface area (TPSA) is 40.7 Å². The van der Waals surface area contributed by atoms with Crippen molar-refractivity contribution in [1.29, 1.82) is 0 Å². The van der Waals surface area contributed by atoms with Crippen molar-refractivity contribution >= 4 is 11.0 Å². The molecule has 2 heterocycles. The maximum absolute atomic E-state index is 13.6. The lowest BCUT2D eigenvalue weighted by Crippen LogP contribution is -1.99. The molecule has 0 spiro atoms.